The monoisotopic (exact) mass is 1050 g/mol. The fraction of sp³-hybridized carbons (Fsp3) is 0.270. The molecule has 9 aromatic carbocycles. The van der Waals surface area contributed by atoms with Crippen molar-refractivity contribution in [3.05, 3.63) is 210 Å². The first-order valence-corrected chi connectivity index (χ1v) is 29.8. The van der Waals surface area contributed by atoms with E-state index in [2.05, 4.69) is 279 Å². The van der Waals surface area contributed by atoms with Gasteiger partial charge in [-0.3, -0.25) is 0 Å². The van der Waals surface area contributed by atoms with Gasteiger partial charge in [-0.25, -0.2) is 0 Å². The molecule has 4 aliphatic rings. The molecule has 392 valence electrons. The Kier molecular flexibility index (Phi) is 11.1. The Hall–Kier alpha value is -7.34. The number of fused-ring (bicyclic) bond motifs is 10. The third kappa shape index (κ3) is 7.65. The first-order chi connectivity index (χ1) is 37.8. The summed E-state index contributed by atoms with van der Waals surface area (Å²) < 4.78 is 2.62. The molecule has 3 nitrogen and oxygen atoms in total. The molecule has 14 rings (SSSR count). The molecule has 0 spiro atoms. The summed E-state index contributed by atoms with van der Waals surface area (Å²) in [6, 6.07) is 73.0. The van der Waals surface area contributed by atoms with Crippen LogP contribution in [0.2, 0.25) is 0 Å². The Morgan fingerprint density at radius 3 is 1.78 bits per heavy atom. The van der Waals surface area contributed by atoms with Crippen LogP contribution < -0.4 is 31.1 Å². The zero-order chi connectivity index (χ0) is 54.5. The maximum Gasteiger partial charge on any atom is 0.252 e. The van der Waals surface area contributed by atoms with Crippen molar-refractivity contribution in [2.24, 2.45) is 0 Å². The summed E-state index contributed by atoms with van der Waals surface area (Å²) in [6.45, 7) is 26.4. The Morgan fingerprint density at radius 1 is 0.456 bits per heavy atom. The second-order valence-corrected chi connectivity index (χ2v) is 28.0. The zero-order valence-corrected chi connectivity index (χ0v) is 48.9. The molecule has 2 atom stereocenters. The normalized spacial score (nSPS) is 18.4. The zero-order valence-electron chi connectivity index (χ0n) is 48.1. The van der Waals surface area contributed by atoms with Crippen LogP contribution in [0.3, 0.4) is 0 Å². The second kappa shape index (κ2) is 17.6. The van der Waals surface area contributed by atoms with E-state index in [1.165, 1.54) is 123 Å². The molecule has 0 bridgehead atoms. The van der Waals surface area contributed by atoms with Crippen molar-refractivity contribution in [1.29, 1.82) is 0 Å². The van der Waals surface area contributed by atoms with E-state index in [1.54, 1.807) is 5.56 Å². The Labute approximate surface area is 473 Å². The fourth-order valence-corrected chi connectivity index (χ4v) is 15.5. The van der Waals surface area contributed by atoms with E-state index in [1.807, 2.05) is 11.3 Å². The van der Waals surface area contributed by atoms with E-state index in [0.717, 1.165) is 23.5 Å². The van der Waals surface area contributed by atoms with E-state index in [9.17, 15) is 0 Å². The average molecular weight is 1050 g/mol. The predicted octanol–water partition coefficient (Wildman–Crippen LogP) is 19.1. The van der Waals surface area contributed by atoms with E-state index < -0.39 is 0 Å². The van der Waals surface area contributed by atoms with Crippen LogP contribution in [-0.2, 0) is 21.7 Å². The summed E-state index contributed by atoms with van der Waals surface area (Å²) in [5.41, 5.74) is 24.3. The molecule has 0 radical (unpaired) electrons. The average Bonchev–Trinajstić information content (AvgIpc) is 2.18. The lowest BCUT2D eigenvalue weighted by molar-refractivity contribution is 0.195. The van der Waals surface area contributed by atoms with Gasteiger partial charge in [0.1, 0.15) is 0 Å². The van der Waals surface area contributed by atoms with Crippen LogP contribution in [0.1, 0.15) is 124 Å². The summed E-state index contributed by atoms with van der Waals surface area (Å²) in [6.07, 6.45) is 4.80. The van der Waals surface area contributed by atoms with Crippen LogP contribution in [0.5, 0.6) is 0 Å². The molecule has 4 heterocycles. The highest BCUT2D eigenvalue weighted by molar-refractivity contribution is 7.25. The second-order valence-electron chi connectivity index (χ2n) is 26.9. The van der Waals surface area contributed by atoms with E-state index in [4.69, 9.17) is 0 Å². The van der Waals surface area contributed by atoms with Gasteiger partial charge in [0.25, 0.3) is 6.71 Å². The van der Waals surface area contributed by atoms with Crippen molar-refractivity contribution >= 4 is 100 Å². The van der Waals surface area contributed by atoms with Gasteiger partial charge < -0.3 is 14.7 Å². The van der Waals surface area contributed by atoms with Gasteiger partial charge in [0, 0.05) is 71.0 Å². The summed E-state index contributed by atoms with van der Waals surface area (Å²) in [5.74, 6) is 0. The summed E-state index contributed by atoms with van der Waals surface area (Å²) in [4.78, 5) is 8.12. The van der Waals surface area contributed by atoms with Crippen LogP contribution in [-0.4, -0.2) is 12.3 Å². The van der Waals surface area contributed by atoms with E-state index >= 15 is 0 Å². The Morgan fingerprint density at radius 2 is 1.06 bits per heavy atom. The lowest BCUT2D eigenvalue weighted by Gasteiger charge is -2.53. The third-order valence-electron chi connectivity index (χ3n) is 19.0. The van der Waals surface area contributed by atoms with Gasteiger partial charge in [-0.2, -0.15) is 0 Å². The van der Waals surface area contributed by atoms with Crippen molar-refractivity contribution in [1.82, 2.24) is 0 Å². The molecule has 0 amide bonds. The van der Waals surface area contributed by atoms with E-state index in [-0.39, 0.29) is 33.9 Å². The minimum Gasteiger partial charge on any atom is -0.335 e. The van der Waals surface area contributed by atoms with Crippen LogP contribution in [0.4, 0.5) is 45.5 Å². The minimum absolute atomic E-state index is 0.0146. The van der Waals surface area contributed by atoms with Gasteiger partial charge in [0.05, 0.1) is 11.2 Å². The van der Waals surface area contributed by atoms with Crippen molar-refractivity contribution in [3.8, 4) is 22.3 Å². The highest BCUT2D eigenvalue weighted by Crippen LogP contribution is 2.63. The standard InChI is InChI=1S/C74H72BN3S/c1-70(2,3)50-28-31-53(32-29-50)76(54-34-37-67-58(45-54)56-26-18-19-27-66(56)79-67)55-33-35-60-63(46-55)77(62-36-30-51(71(4,5)6)42-57(62)48-24-16-13-17-25-48)64-40-49(47-22-14-12-15-23-47)41-65-68(64)75(60)61-44-52(72(7,8)9)43-59-69(61)78(65)74(11)39-21-20-38-73(59,74)10/h12-19,22-37,40-46H,20-21,38-39H2,1-11H3. The molecule has 1 saturated carbocycles. The van der Waals surface area contributed by atoms with Crippen molar-refractivity contribution in [2.75, 3.05) is 14.7 Å². The summed E-state index contributed by atoms with van der Waals surface area (Å²) >= 11 is 1.88. The first kappa shape index (κ1) is 49.9. The van der Waals surface area contributed by atoms with Gasteiger partial charge in [0.15, 0.2) is 0 Å². The lowest BCUT2D eigenvalue weighted by Crippen LogP contribution is -2.64. The lowest BCUT2D eigenvalue weighted by atomic mass is 9.33. The molecule has 2 unspecified atom stereocenters. The predicted molar refractivity (Wildman–Crippen MR) is 343 cm³/mol. The molecular weight excluding hydrogens is 974 g/mol. The number of nitrogens with zero attached hydrogens (tertiary/aromatic N) is 3. The molecule has 5 heteroatoms. The minimum atomic E-state index is -0.122. The highest BCUT2D eigenvalue weighted by atomic mass is 32.1. The maximum absolute atomic E-state index is 2.90. The number of hydrogen-bond donors (Lipinski definition) is 0. The smallest absolute Gasteiger partial charge is 0.252 e. The number of anilines is 8. The molecular formula is C74H72BN3S. The Balaban J connectivity index is 1.11. The third-order valence-corrected chi connectivity index (χ3v) is 20.2. The van der Waals surface area contributed by atoms with E-state index in [0.29, 0.717) is 0 Å². The van der Waals surface area contributed by atoms with Crippen molar-refractivity contribution in [3.63, 3.8) is 0 Å². The van der Waals surface area contributed by atoms with Crippen molar-refractivity contribution in [2.45, 2.75) is 129 Å². The molecule has 1 aromatic heterocycles. The topological polar surface area (TPSA) is 9.72 Å². The van der Waals surface area contributed by atoms with Gasteiger partial charge in [0.2, 0.25) is 0 Å². The van der Waals surface area contributed by atoms with Crippen LogP contribution in [0, 0.1) is 0 Å². The molecule has 0 N–H and O–H groups in total. The largest absolute Gasteiger partial charge is 0.335 e. The van der Waals surface area contributed by atoms with Gasteiger partial charge in [-0.15, -0.1) is 11.3 Å². The molecule has 0 saturated heterocycles. The van der Waals surface area contributed by atoms with Gasteiger partial charge >= 0.3 is 0 Å². The molecule has 10 aromatic rings. The van der Waals surface area contributed by atoms with Gasteiger partial charge in [-0.05, 0) is 164 Å². The quantitative estimate of drug-likeness (QED) is 0.154. The molecule has 3 aliphatic heterocycles. The maximum atomic E-state index is 2.90. The first-order valence-electron chi connectivity index (χ1n) is 29.0. The number of hydrogen-bond acceptors (Lipinski definition) is 4. The molecule has 1 aliphatic carbocycles. The molecule has 1 fully saturated rings. The van der Waals surface area contributed by atoms with Gasteiger partial charge in [-0.1, -0.05) is 197 Å². The Bertz CT molecular complexity index is 4080. The number of rotatable bonds is 6. The summed E-state index contributed by atoms with van der Waals surface area (Å²) in [7, 11) is 0. The summed E-state index contributed by atoms with van der Waals surface area (Å²) in [5, 5.41) is 2.59. The fourth-order valence-electron chi connectivity index (χ4n) is 14.4. The number of benzene rings is 9. The van der Waals surface area contributed by atoms with Crippen LogP contribution in [0.15, 0.2) is 188 Å². The van der Waals surface area contributed by atoms with Crippen molar-refractivity contribution < 1.29 is 0 Å². The SMILES string of the molecule is CC(C)(C)c1ccc(N(c2ccc3c(c2)N(c2ccc(C(C)(C)C)cc2-c2ccccc2)c2cc(-c4ccccc4)cc4c2B3c2cc(C(C)(C)C)cc3c2N4C2(C)CCCCC32C)c2ccc3sc4ccccc4c3c2)cc1. The highest BCUT2D eigenvalue weighted by Gasteiger charge is 2.61. The van der Waals surface area contributed by atoms with Crippen LogP contribution in [0.25, 0.3) is 42.4 Å². The van der Waals surface area contributed by atoms with Crippen LogP contribution >= 0.6 is 11.3 Å². The molecule has 79 heavy (non-hydrogen) atoms. The number of thiophene rings is 1.